The fraction of sp³-hybridized carbons (Fsp3) is 0.438. The van der Waals surface area contributed by atoms with Crippen molar-refractivity contribution in [2.24, 2.45) is 0 Å². The maximum Gasteiger partial charge on any atom is 0.303 e. The Morgan fingerprint density at radius 1 is 1.30 bits per heavy atom. The minimum absolute atomic E-state index is 0.131. The minimum atomic E-state index is -0.754. The number of thiazole rings is 1. The van der Waals surface area contributed by atoms with Gasteiger partial charge in [0, 0.05) is 30.1 Å². The summed E-state index contributed by atoms with van der Waals surface area (Å²) in [6.45, 7) is 2.54. The fourth-order valence-electron chi connectivity index (χ4n) is 2.22. The molecule has 0 aliphatic carbocycles. The molecule has 0 aliphatic rings. The lowest BCUT2D eigenvalue weighted by molar-refractivity contribution is -0.137. The van der Waals surface area contributed by atoms with Gasteiger partial charge in [-0.2, -0.15) is 0 Å². The van der Waals surface area contributed by atoms with Gasteiger partial charge in [-0.3, -0.25) is 9.59 Å². The van der Waals surface area contributed by atoms with Gasteiger partial charge in [0.25, 0.3) is 5.91 Å². The van der Waals surface area contributed by atoms with Crippen molar-refractivity contribution >= 4 is 23.2 Å². The number of aryl methyl sites for hydroxylation is 1. The first kappa shape index (κ1) is 17.2. The second-order valence-corrected chi connectivity index (χ2v) is 6.43. The van der Waals surface area contributed by atoms with Crippen LogP contribution in [0, 0.1) is 6.92 Å². The van der Waals surface area contributed by atoms with Crippen molar-refractivity contribution in [3.05, 3.63) is 28.3 Å². The number of hydrogen-bond donors (Lipinski definition) is 3. The third kappa shape index (κ3) is 5.52. The van der Waals surface area contributed by atoms with Crippen LogP contribution in [0.1, 0.15) is 47.6 Å². The third-order valence-corrected chi connectivity index (χ3v) is 4.22. The Labute approximate surface area is 139 Å². The summed E-state index contributed by atoms with van der Waals surface area (Å²) >= 11 is 1.58. The van der Waals surface area contributed by atoms with Crippen molar-refractivity contribution in [2.75, 3.05) is 6.54 Å². The number of aromatic nitrogens is 2. The van der Waals surface area contributed by atoms with E-state index in [1.807, 2.05) is 12.3 Å². The number of aromatic amines is 1. The molecular weight excluding hydrogens is 314 g/mol. The standard InChI is InChI=1S/C16H21N3O3S/c1-11-19-14(10-23-11)12-8-13(18-9-12)16(22)17-7-5-3-2-4-6-15(20)21/h8-10,18H,2-7H2,1H3,(H,17,22)(H,20,21). The first-order chi connectivity index (χ1) is 11.1. The monoisotopic (exact) mass is 335 g/mol. The van der Waals surface area contributed by atoms with Crippen LogP contribution in [0.4, 0.5) is 0 Å². The molecule has 0 atom stereocenters. The Bertz CT molecular complexity index is 663. The highest BCUT2D eigenvalue weighted by Crippen LogP contribution is 2.22. The molecule has 0 aromatic carbocycles. The average molecular weight is 335 g/mol. The Hall–Kier alpha value is -2.15. The van der Waals surface area contributed by atoms with Gasteiger partial charge in [-0.15, -0.1) is 11.3 Å². The molecule has 0 spiro atoms. The molecule has 2 rings (SSSR count). The van der Waals surface area contributed by atoms with E-state index in [4.69, 9.17) is 5.11 Å². The molecule has 0 fully saturated rings. The van der Waals surface area contributed by atoms with E-state index in [1.165, 1.54) is 0 Å². The number of carboxylic acid groups (broad SMARTS) is 1. The molecule has 23 heavy (non-hydrogen) atoms. The van der Waals surface area contributed by atoms with Gasteiger partial charge in [0.05, 0.1) is 10.7 Å². The van der Waals surface area contributed by atoms with Crippen molar-refractivity contribution in [1.82, 2.24) is 15.3 Å². The molecule has 6 nitrogen and oxygen atoms in total. The van der Waals surface area contributed by atoms with Crippen LogP contribution >= 0.6 is 11.3 Å². The van der Waals surface area contributed by atoms with Crippen molar-refractivity contribution in [3.8, 4) is 11.3 Å². The zero-order valence-electron chi connectivity index (χ0n) is 13.1. The van der Waals surface area contributed by atoms with E-state index in [0.717, 1.165) is 35.5 Å². The number of nitrogens with one attached hydrogen (secondary N) is 2. The van der Waals surface area contributed by atoms with Gasteiger partial charge in [0.1, 0.15) is 5.69 Å². The largest absolute Gasteiger partial charge is 0.481 e. The molecule has 124 valence electrons. The molecule has 0 aliphatic heterocycles. The second kappa shape index (κ2) is 8.47. The molecule has 2 aromatic rings. The number of amides is 1. The zero-order valence-corrected chi connectivity index (χ0v) is 13.9. The molecule has 0 unspecified atom stereocenters. The Morgan fingerprint density at radius 3 is 2.78 bits per heavy atom. The highest BCUT2D eigenvalue weighted by molar-refractivity contribution is 7.09. The van der Waals surface area contributed by atoms with E-state index < -0.39 is 5.97 Å². The maximum atomic E-state index is 12.0. The smallest absolute Gasteiger partial charge is 0.303 e. The number of nitrogens with zero attached hydrogens (tertiary/aromatic N) is 1. The third-order valence-electron chi connectivity index (χ3n) is 3.45. The maximum absolute atomic E-state index is 12.0. The van der Waals surface area contributed by atoms with E-state index in [1.54, 1.807) is 23.6 Å². The number of hydrogen-bond acceptors (Lipinski definition) is 4. The van der Waals surface area contributed by atoms with Crippen LogP contribution in [0.25, 0.3) is 11.3 Å². The van der Waals surface area contributed by atoms with Crippen LogP contribution in [0.2, 0.25) is 0 Å². The molecule has 2 heterocycles. The van der Waals surface area contributed by atoms with Crippen molar-refractivity contribution < 1.29 is 14.7 Å². The fourth-order valence-corrected chi connectivity index (χ4v) is 2.84. The first-order valence-corrected chi connectivity index (χ1v) is 8.55. The number of aliphatic carboxylic acids is 1. The highest BCUT2D eigenvalue weighted by Gasteiger charge is 2.10. The molecule has 2 aromatic heterocycles. The van der Waals surface area contributed by atoms with Gasteiger partial charge in [0.2, 0.25) is 0 Å². The van der Waals surface area contributed by atoms with Gasteiger partial charge in [-0.1, -0.05) is 12.8 Å². The summed E-state index contributed by atoms with van der Waals surface area (Å²) in [4.78, 5) is 29.8. The summed E-state index contributed by atoms with van der Waals surface area (Å²) in [5.74, 6) is -0.884. The van der Waals surface area contributed by atoms with E-state index in [0.29, 0.717) is 18.7 Å². The Balaban J connectivity index is 1.70. The van der Waals surface area contributed by atoms with Crippen LogP contribution in [0.15, 0.2) is 17.6 Å². The number of carbonyl (C=O) groups is 2. The van der Waals surface area contributed by atoms with Crippen LogP contribution in [-0.2, 0) is 4.79 Å². The summed E-state index contributed by atoms with van der Waals surface area (Å²) in [5.41, 5.74) is 2.31. The van der Waals surface area contributed by atoms with E-state index >= 15 is 0 Å². The normalized spacial score (nSPS) is 10.7. The first-order valence-electron chi connectivity index (χ1n) is 7.67. The number of H-pyrrole nitrogens is 1. The molecule has 3 N–H and O–H groups in total. The quantitative estimate of drug-likeness (QED) is 0.613. The lowest BCUT2D eigenvalue weighted by atomic mass is 10.1. The average Bonchev–Trinajstić information content (AvgIpc) is 3.14. The van der Waals surface area contributed by atoms with E-state index in [9.17, 15) is 9.59 Å². The molecule has 0 saturated heterocycles. The van der Waals surface area contributed by atoms with Crippen LogP contribution in [-0.4, -0.2) is 33.5 Å². The number of carboxylic acids is 1. The summed E-state index contributed by atoms with van der Waals surface area (Å²) in [6.07, 6.45) is 5.34. The molecular formula is C16H21N3O3S. The van der Waals surface area contributed by atoms with Gasteiger partial charge < -0.3 is 15.4 Å². The van der Waals surface area contributed by atoms with E-state index in [-0.39, 0.29) is 12.3 Å². The zero-order chi connectivity index (χ0) is 16.7. The van der Waals surface area contributed by atoms with Crippen LogP contribution in [0.5, 0.6) is 0 Å². The molecule has 7 heteroatoms. The van der Waals surface area contributed by atoms with Crippen molar-refractivity contribution in [3.63, 3.8) is 0 Å². The summed E-state index contributed by atoms with van der Waals surface area (Å²) < 4.78 is 0. The van der Waals surface area contributed by atoms with Gasteiger partial charge >= 0.3 is 5.97 Å². The van der Waals surface area contributed by atoms with Gasteiger partial charge in [-0.25, -0.2) is 4.98 Å². The number of rotatable bonds is 9. The Morgan fingerprint density at radius 2 is 2.09 bits per heavy atom. The van der Waals surface area contributed by atoms with Crippen molar-refractivity contribution in [2.45, 2.75) is 39.0 Å². The molecule has 0 saturated carbocycles. The molecule has 0 bridgehead atoms. The molecule has 0 radical (unpaired) electrons. The summed E-state index contributed by atoms with van der Waals surface area (Å²) in [5, 5.41) is 14.4. The highest BCUT2D eigenvalue weighted by atomic mass is 32.1. The lowest BCUT2D eigenvalue weighted by Gasteiger charge is -2.03. The summed E-state index contributed by atoms with van der Waals surface area (Å²) in [7, 11) is 0. The summed E-state index contributed by atoms with van der Waals surface area (Å²) in [6, 6.07) is 1.80. The lowest BCUT2D eigenvalue weighted by Crippen LogP contribution is -2.24. The number of carbonyl (C=O) groups excluding carboxylic acids is 1. The second-order valence-electron chi connectivity index (χ2n) is 5.37. The predicted octanol–water partition coefficient (Wildman–Crippen LogP) is 3.21. The Kier molecular flexibility index (Phi) is 6.34. The topological polar surface area (TPSA) is 95.1 Å². The van der Waals surface area contributed by atoms with E-state index in [2.05, 4.69) is 15.3 Å². The molecule has 1 amide bonds. The number of unbranched alkanes of at least 4 members (excludes halogenated alkanes) is 3. The van der Waals surface area contributed by atoms with Gasteiger partial charge in [-0.05, 0) is 25.8 Å². The minimum Gasteiger partial charge on any atom is -0.481 e. The SMILES string of the molecule is Cc1nc(-c2c[nH]c(C(=O)NCCCCCCC(=O)O)c2)cs1. The van der Waals surface area contributed by atoms with Crippen molar-refractivity contribution in [1.29, 1.82) is 0 Å². The van der Waals surface area contributed by atoms with Crippen LogP contribution in [0.3, 0.4) is 0 Å². The predicted molar refractivity (Wildman–Crippen MR) is 89.7 cm³/mol. The van der Waals surface area contributed by atoms with Crippen LogP contribution < -0.4 is 5.32 Å². The van der Waals surface area contributed by atoms with Gasteiger partial charge in [0.15, 0.2) is 0 Å².